The third-order valence-electron chi connectivity index (χ3n) is 5.04. The van der Waals surface area contributed by atoms with Crippen LogP contribution in [0.2, 0.25) is 0 Å². The molecule has 4 heteroatoms. The number of nitrogens with zero attached hydrogens (tertiary/aromatic N) is 3. The van der Waals surface area contributed by atoms with E-state index in [9.17, 15) is 0 Å². The molecule has 1 aliphatic carbocycles. The summed E-state index contributed by atoms with van der Waals surface area (Å²) in [6, 6.07) is 0.676. The molecule has 0 radical (unpaired) electrons. The predicted octanol–water partition coefficient (Wildman–Crippen LogP) is 3.09. The highest BCUT2D eigenvalue weighted by molar-refractivity contribution is 5.57. The summed E-state index contributed by atoms with van der Waals surface area (Å²) in [5.41, 5.74) is 7.16. The van der Waals surface area contributed by atoms with E-state index in [4.69, 9.17) is 10.7 Å². The number of aryl methyl sites for hydroxylation is 1. The fourth-order valence-corrected chi connectivity index (χ4v) is 3.89. The molecular formula is C16H26N4. The van der Waals surface area contributed by atoms with Crippen LogP contribution in [0.25, 0.3) is 0 Å². The average molecular weight is 274 g/mol. The Labute approximate surface area is 121 Å². The van der Waals surface area contributed by atoms with Gasteiger partial charge in [0.05, 0.1) is 0 Å². The number of hydrogen-bond acceptors (Lipinski definition) is 4. The van der Waals surface area contributed by atoms with Gasteiger partial charge in [-0.15, -0.1) is 0 Å². The highest BCUT2D eigenvalue weighted by Gasteiger charge is 2.34. The Bertz CT molecular complexity index is 484. The number of aromatic nitrogens is 2. The smallest absolute Gasteiger partial charge is 0.137 e. The van der Waals surface area contributed by atoms with E-state index in [1.54, 1.807) is 0 Å². The molecule has 2 aliphatic rings. The lowest BCUT2D eigenvalue weighted by molar-refractivity contribution is 0.242. The van der Waals surface area contributed by atoms with Gasteiger partial charge in [-0.3, -0.25) is 0 Å². The quantitative estimate of drug-likeness (QED) is 0.900. The van der Waals surface area contributed by atoms with Crippen LogP contribution in [0.3, 0.4) is 0 Å². The maximum atomic E-state index is 6.09. The lowest BCUT2D eigenvalue weighted by atomic mass is 9.78. The van der Waals surface area contributed by atoms with Crippen molar-refractivity contribution < 1.29 is 0 Å². The molecule has 2 fully saturated rings. The fourth-order valence-electron chi connectivity index (χ4n) is 3.89. The number of rotatable bonds is 2. The molecule has 1 aliphatic heterocycles. The first-order chi connectivity index (χ1) is 9.70. The van der Waals surface area contributed by atoms with E-state index in [0.29, 0.717) is 11.9 Å². The van der Waals surface area contributed by atoms with Gasteiger partial charge in [0.1, 0.15) is 17.5 Å². The maximum absolute atomic E-state index is 6.09. The Morgan fingerprint density at radius 3 is 2.70 bits per heavy atom. The van der Waals surface area contributed by atoms with Crippen LogP contribution in [0, 0.1) is 12.8 Å². The van der Waals surface area contributed by atoms with Crippen molar-refractivity contribution in [2.45, 2.75) is 64.8 Å². The number of hydrogen-bond donors (Lipinski definition) is 1. The summed E-state index contributed by atoms with van der Waals surface area (Å²) >= 11 is 0. The SMILES string of the molecule is CCc1nc(N)c(C)c(N2CCC[C@H]3CCCC[C@H]32)n1. The second kappa shape index (κ2) is 5.58. The summed E-state index contributed by atoms with van der Waals surface area (Å²) < 4.78 is 0. The van der Waals surface area contributed by atoms with E-state index < -0.39 is 0 Å². The van der Waals surface area contributed by atoms with Crippen LogP contribution in [0.1, 0.15) is 56.8 Å². The molecule has 2 N–H and O–H groups in total. The van der Waals surface area contributed by atoms with Gasteiger partial charge in [-0.1, -0.05) is 19.8 Å². The van der Waals surface area contributed by atoms with Gasteiger partial charge >= 0.3 is 0 Å². The minimum absolute atomic E-state index is 0.657. The average Bonchev–Trinajstić information content (AvgIpc) is 2.49. The number of fused-ring (bicyclic) bond motifs is 1. The summed E-state index contributed by atoms with van der Waals surface area (Å²) in [5.74, 6) is 3.50. The fraction of sp³-hybridized carbons (Fsp3) is 0.750. The molecule has 110 valence electrons. The molecule has 0 bridgehead atoms. The number of piperidine rings is 1. The third kappa shape index (κ3) is 2.36. The zero-order chi connectivity index (χ0) is 14.1. The van der Waals surface area contributed by atoms with Gasteiger partial charge in [0, 0.05) is 24.6 Å². The van der Waals surface area contributed by atoms with Crippen molar-refractivity contribution in [2.24, 2.45) is 5.92 Å². The Morgan fingerprint density at radius 2 is 1.90 bits per heavy atom. The second-order valence-electron chi connectivity index (χ2n) is 6.27. The molecule has 20 heavy (non-hydrogen) atoms. The Kier molecular flexibility index (Phi) is 3.81. The van der Waals surface area contributed by atoms with Crippen molar-refractivity contribution >= 4 is 11.6 Å². The number of nitrogens with two attached hydrogens (primary N) is 1. The zero-order valence-electron chi connectivity index (χ0n) is 12.7. The van der Waals surface area contributed by atoms with Crippen LogP contribution >= 0.6 is 0 Å². The summed E-state index contributed by atoms with van der Waals surface area (Å²) in [6.45, 7) is 5.28. The Hall–Kier alpha value is -1.32. The van der Waals surface area contributed by atoms with Crippen LogP contribution in [0.5, 0.6) is 0 Å². The van der Waals surface area contributed by atoms with Crippen molar-refractivity contribution in [3.63, 3.8) is 0 Å². The predicted molar refractivity (Wildman–Crippen MR) is 82.9 cm³/mol. The van der Waals surface area contributed by atoms with Gasteiger partial charge in [-0.05, 0) is 38.5 Å². The standard InChI is InChI=1S/C16H26N4/c1-3-14-18-15(17)11(2)16(19-14)20-10-6-8-12-7-4-5-9-13(12)20/h12-13H,3-10H2,1-2H3,(H2,17,18,19)/t12-,13-/m1/s1. The van der Waals surface area contributed by atoms with E-state index in [2.05, 4.69) is 23.7 Å². The van der Waals surface area contributed by atoms with E-state index >= 15 is 0 Å². The number of nitrogen functional groups attached to an aromatic ring is 1. The molecule has 4 nitrogen and oxygen atoms in total. The van der Waals surface area contributed by atoms with E-state index in [-0.39, 0.29) is 0 Å². The molecule has 1 saturated carbocycles. The normalized spacial score (nSPS) is 26.4. The molecule has 1 aromatic heterocycles. The number of anilines is 2. The van der Waals surface area contributed by atoms with E-state index in [1.807, 2.05) is 0 Å². The van der Waals surface area contributed by atoms with Gasteiger partial charge in [-0.2, -0.15) is 0 Å². The van der Waals surface area contributed by atoms with Gasteiger partial charge in [0.2, 0.25) is 0 Å². The van der Waals surface area contributed by atoms with Crippen molar-refractivity contribution in [3.8, 4) is 0 Å². The molecule has 1 aromatic rings. The molecular weight excluding hydrogens is 248 g/mol. The van der Waals surface area contributed by atoms with Crippen LogP contribution < -0.4 is 10.6 Å². The van der Waals surface area contributed by atoms with Crippen molar-refractivity contribution in [2.75, 3.05) is 17.2 Å². The van der Waals surface area contributed by atoms with Gasteiger partial charge in [0.15, 0.2) is 0 Å². The van der Waals surface area contributed by atoms with Crippen molar-refractivity contribution in [3.05, 3.63) is 11.4 Å². The van der Waals surface area contributed by atoms with E-state index in [1.165, 1.54) is 38.5 Å². The Balaban J connectivity index is 1.96. The van der Waals surface area contributed by atoms with Crippen molar-refractivity contribution in [1.29, 1.82) is 0 Å². The van der Waals surface area contributed by atoms with Crippen LogP contribution in [-0.2, 0) is 6.42 Å². The summed E-state index contributed by atoms with van der Waals surface area (Å²) in [4.78, 5) is 11.7. The van der Waals surface area contributed by atoms with Crippen LogP contribution in [-0.4, -0.2) is 22.6 Å². The minimum atomic E-state index is 0.657. The van der Waals surface area contributed by atoms with E-state index in [0.717, 1.165) is 36.1 Å². The largest absolute Gasteiger partial charge is 0.383 e. The first-order valence-electron chi connectivity index (χ1n) is 8.10. The maximum Gasteiger partial charge on any atom is 0.137 e. The zero-order valence-corrected chi connectivity index (χ0v) is 12.7. The summed E-state index contributed by atoms with van der Waals surface area (Å²) in [6.07, 6.45) is 8.99. The first-order valence-corrected chi connectivity index (χ1v) is 8.10. The lowest BCUT2D eigenvalue weighted by Gasteiger charge is -2.45. The molecule has 0 amide bonds. The molecule has 0 unspecified atom stereocenters. The van der Waals surface area contributed by atoms with Crippen molar-refractivity contribution in [1.82, 2.24) is 9.97 Å². The first kappa shape index (κ1) is 13.7. The highest BCUT2D eigenvalue weighted by atomic mass is 15.2. The molecule has 2 atom stereocenters. The van der Waals surface area contributed by atoms with Crippen LogP contribution in [0.15, 0.2) is 0 Å². The van der Waals surface area contributed by atoms with Gasteiger partial charge in [0.25, 0.3) is 0 Å². The summed E-state index contributed by atoms with van der Waals surface area (Å²) in [5, 5.41) is 0. The van der Waals surface area contributed by atoms with Gasteiger partial charge in [-0.25, -0.2) is 9.97 Å². The Morgan fingerprint density at radius 1 is 1.15 bits per heavy atom. The summed E-state index contributed by atoms with van der Waals surface area (Å²) in [7, 11) is 0. The molecule has 0 spiro atoms. The minimum Gasteiger partial charge on any atom is -0.383 e. The van der Waals surface area contributed by atoms with Gasteiger partial charge < -0.3 is 10.6 Å². The molecule has 2 heterocycles. The second-order valence-corrected chi connectivity index (χ2v) is 6.27. The lowest BCUT2D eigenvalue weighted by Crippen LogP contribution is -2.47. The monoisotopic (exact) mass is 274 g/mol. The topological polar surface area (TPSA) is 55.0 Å². The molecule has 1 saturated heterocycles. The molecule has 0 aromatic carbocycles. The third-order valence-corrected chi connectivity index (χ3v) is 5.04. The van der Waals surface area contributed by atoms with Crippen LogP contribution in [0.4, 0.5) is 11.6 Å². The highest BCUT2D eigenvalue weighted by Crippen LogP contribution is 2.38. The molecule has 3 rings (SSSR count).